The molecule has 0 bridgehead atoms. The zero-order valence-electron chi connectivity index (χ0n) is 17.7. The first-order valence-corrected chi connectivity index (χ1v) is 10.7. The van der Waals surface area contributed by atoms with Crippen LogP contribution in [-0.4, -0.2) is 12.1 Å². The molecule has 3 aromatic rings. The maximum Gasteiger partial charge on any atom is 0.517 e. The van der Waals surface area contributed by atoms with Gasteiger partial charge in [0.05, 0.1) is 17.2 Å². The van der Waals surface area contributed by atoms with Crippen molar-refractivity contribution in [1.29, 1.82) is 0 Å². The van der Waals surface area contributed by atoms with Crippen LogP contribution in [0.2, 0.25) is 5.31 Å². The van der Waals surface area contributed by atoms with Gasteiger partial charge in [0.2, 0.25) is 0 Å². The van der Waals surface area contributed by atoms with Gasteiger partial charge in [0.15, 0.2) is 0 Å². The lowest BCUT2D eigenvalue weighted by Crippen LogP contribution is -2.75. The van der Waals surface area contributed by atoms with E-state index in [9.17, 15) is 0 Å². The van der Waals surface area contributed by atoms with Gasteiger partial charge < -0.3 is 4.81 Å². The number of aromatic nitrogens is 2. The second kappa shape index (κ2) is 6.34. The number of benzene rings is 2. The maximum absolute atomic E-state index is 4.87. The first-order chi connectivity index (χ1) is 14.1. The van der Waals surface area contributed by atoms with Crippen molar-refractivity contribution >= 4 is 29.9 Å². The molecular weight excluding hydrogens is 355 g/mol. The van der Waals surface area contributed by atoms with Crippen molar-refractivity contribution in [2.24, 2.45) is 0 Å². The lowest BCUT2D eigenvalue weighted by Gasteiger charge is -2.50. The molecule has 0 aliphatic carbocycles. The summed E-state index contributed by atoms with van der Waals surface area (Å²) in [5, 5.41) is 4.85. The minimum Gasteiger partial charge on any atom is -0.340 e. The highest BCUT2D eigenvalue weighted by Gasteiger charge is 2.71. The third-order valence-corrected chi connectivity index (χ3v) is 7.59. The minimum absolute atomic E-state index is 0.0252. The molecule has 2 aliphatic rings. The number of para-hydroxylation sites is 3. The SMILES string of the molecule is CCC1(C)B2N(c3ccccc3)c3ccccc3N2c2cccn[n+]2C1(C)CC. The molecule has 0 radical (unpaired) electrons. The van der Waals surface area contributed by atoms with E-state index in [-0.39, 0.29) is 17.8 Å². The average Bonchev–Trinajstić information content (AvgIpc) is 3.14. The smallest absolute Gasteiger partial charge is 0.340 e. The van der Waals surface area contributed by atoms with Crippen molar-refractivity contribution in [3.05, 3.63) is 72.9 Å². The lowest BCUT2D eigenvalue weighted by molar-refractivity contribution is -0.809. The Kier molecular flexibility index (Phi) is 3.99. The summed E-state index contributed by atoms with van der Waals surface area (Å²) in [5.74, 6) is 1.17. The van der Waals surface area contributed by atoms with Gasteiger partial charge >= 0.3 is 6.98 Å². The molecule has 0 saturated carbocycles. The van der Waals surface area contributed by atoms with Crippen molar-refractivity contribution in [2.75, 3.05) is 9.62 Å². The Morgan fingerprint density at radius 3 is 2.14 bits per heavy atom. The quantitative estimate of drug-likeness (QED) is 0.443. The summed E-state index contributed by atoms with van der Waals surface area (Å²) in [6.45, 7) is 9.63. The molecule has 0 saturated heterocycles. The molecule has 146 valence electrons. The Hall–Kier alpha value is -2.82. The van der Waals surface area contributed by atoms with E-state index in [0.717, 1.165) is 12.8 Å². The Balaban J connectivity index is 1.86. The van der Waals surface area contributed by atoms with Crippen LogP contribution in [0, 0.1) is 0 Å². The van der Waals surface area contributed by atoms with Gasteiger partial charge in [0.25, 0.3) is 5.82 Å². The third-order valence-electron chi connectivity index (χ3n) is 7.59. The molecule has 0 amide bonds. The van der Waals surface area contributed by atoms with Crippen molar-refractivity contribution in [3.63, 3.8) is 0 Å². The van der Waals surface area contributed by atoms with Gasteiger partial charge in [-0.2, -0.15) is 0 Å². The zero-order chi connectivity index (χ0) is 20.2. The van der Waals surface area contributed by atoms with E-state index in [4.69, 9.17) is 5.10 Å². The van der Waals surface area contributed by atoms with Crippen LogP contribution >= 0.6 is 0 Å². The predicted octanol–water partition coefficient (Wildman–Crippen LogP) is 5.46. The summed E-state index contributed by atoms with van der Waals surface area (Å²) >= 11 is 0. The number of hydrogen-bond acceptors (Lipinski definition) is 3. The fourth-order valence-corrected chi connectivity index (χ4v) is 5.50. The summed E-state index contributed by atoms with van der Waals surface area (Å²) in [7, 11) is 0. The van der Waals surface area contributed by atoms with Crippen LogP contribution in [0.5, 0.6) is 0 Å². The van der Waals surface area contributed by atoms with Crippen LogP contribution in [0.3, 0.4) is 0 Å². The Labute approximate surface area is 173 Å². The van der Waals surface area contributed by atoms with Gasteiger partial charge in [-0.15, -0.1) is 4.68 Å². The van der Waals surface area contributed by atoms with Gasteiger partial charge in [-0.25, -0.2) is 0 Å². The van der Waals surface area contributed by atoms with Crippen LogP contribution in [0.25, 0.3) is 0 Å². The van der Waals surface area contributed by atoms with Crippen LogP contribution in [-0.2, 0) is 5.54 Å². The highest BCUT2D eigenvalue weighted by atomic mass is 15.5. The lowest BCUT2D eigenvalue weighted by atomic mass is 9.39. The van der Waals surface area contributed by atoms with Crippen LogP contribution in [0.1, 0.15) is 40.5 Å². The van der Waals surface area contributed by atoms with Gasteiger partial charge in [0.1, 0.15) is 11.2 Å². The third kappa shape index (κ3) is 2.21. The molecule has 4 nitrogen and oxygen atoms in total. The van der Waals surface area contributed by atoms with E-state index in [2.05, 4.69) is 109 Å². The van der Waals surface area contributed by atoms with Gasteiger partial charge in [-0.3, -0.25) is 4.81 Å². The molecular formula is C24H28BN4+. The van der Waals surface area contributed by atoms with E-state index in [0.29, 0.717) is 0 Å². The fourth-order valence-electron chi connectivity index (χ4n) is 5.50. The van der Waals surface area contributed by atoms with E-state index < -0.39 is 0 Å². The van der Waals surface area contributed by atoms with Gasteiger partial charge in [-0.1, -0.05) is 56.2 Å². The molecule has 2 atom stereocenters. The molecule has 0 spiro atoms. The standard InChI is InChI=1S/C24H28BN4/c1-5-23(3)24(4,6-2)29-22(17-12-18-26-29)28-21-16-11-10-15-20(21)27(25(23)28)19-13-8-7-9-14-19/h7-18H,5-6H2,1-4H3/q+1. The topological polar surface area (TPSA) is 23.2 Å². The second-order valence-corrected chi connectivity index (χ2v) is 8.63. The van der Waals surface area contributed by atoms with Crippen LogP contribution in [0.4, 0.5) is 22.9 Å². The predicted molar refractivity (Wildman–Crippen MR) is 120 cm³/mol. The molecule has 5 heteroatoms. The first-order valence-electron chi connectivity index (χ1n) is 10.7. The van der Waals surface area contributed by atoms with Crippen LogP contribution < -0.4 is 14.3 Å². The number of rotatable bonds is 3. The largest absolute Gasteiger partial charge is 0.517 e. The molecule has 29 heavy (non-hydrogen) atoms. The van der Waals surface area contributed by atoms with Gasteiger partial charge in [-0.05, 0) is 50.1 Å². The van der Waals surface area contributed by atoms with Crippen molar-refractivity contribution < 1.29 is 4.68 Å². The van der Waals surface area contributed by atoms with E-state index in [1.54, 1.807) is 0 Å². The maximum atomic E-state index is 4.87. The monoisotopic (exact) mass is 383 g/mol. The van der Waals surface area contributed by atoms with E-state index in [1.165, 1.54) is 22.9 Å². The summed E-state index contributed by atoms with van der Waals surface area (Å²) in [5.41, 5.74) is 3.65. The summed E-state index contributed by atoms with van der Waals surface area (Å²) < 4.78 is 2.28. The summed E-state index contributed by atoms with van der Waals surface area (Å²) in [6.07, 6.45) is 4.00. The van der Waals surface area contributed by atoms with Crippen LogP contribution in [0.15, 0.2) is 72.9 Å². The number of anilines is 4. The molecule has 1 aromatic heterocycles. The molecule has 0 N–H and O–H groups in total. The van der Waals surface area contributed by atoms with Gasteiger partial charge in [0, 0.05) is 11.8 Å². The summed E-state index contributed by atoms with van der Waals surface area (Å²) in [6, 6.07) is 23.9. The molecule has 5 rings (SSSR count). The molecule has 2 aliphatic heterocycles. The van der Waals surface area contributed by atoms with Crippen molar-refractivity contribution in [2.45, 2.75) is 51.4 Å². The first kappa shape index (κ1) is 18.2. The minimum atomic E-state index is -0.103. The molecule has 2 aromatic carbocycles. The summed E-state index contributed by atoms with van der Waals surface area (Å²) in [4.78, 5) is 5.06. The Morgan fingerprint density at radius 1 is 0.828 bits per heavy atom. The highest BCUT2D eigenvalue weighted by Crippen LogP contribution is 2.60. The Bertz CT molecular complexity index is 1060. The average molecular weight is 383 g/mol. The number of nitrogens with zero attached hydrogens (tertiary/aromatic N) is 4. The zero-order valence-corrected chi connectivity index (χ0v) is 17.7. The normalized spacial score (nSPS) is 24.9. The Morgan fingerprint density at radius 2 is 1.48 bits per heavy atom. The van der Waals surface area contributed by atoms with E-state index >= 15 is 0 Å². The highest BCUT2D eigenvalue weighted by molar-refractivity contribution is 6.76. The molecule has 3 heterocycles. The second-order valence-electron chi connectivity index (χ2n) is 8.63. The van der Waals surface area contributed by atoms with Crippen molar-refractivity contribution in [1.82, 2.24) is 5.10 Å². The van der Waals surface area contributed by atoms with Crippen molar-refractivity contribution in [3.8, 4) is 0 Å². The molecule has 2 unspecified atom stereocenters. The van der Waals surface area contributed by atoms with E-state index in [1.807, 2.05) is 6.20 Å². The number of hydrogen-bond donors (Lipinski definition) is 0. The molecule has 0 fully saturated rings. The fraction of sp³-hybridized carbons (Fsp3) is 0.333. The number of fused-ring (bicyclic) bond motifs is 5.